The van der Waals surface area contributed by atoms with E-state index in [0.717, 1.165) is 23.1 Å². The Kier molecular flexibility index (Phi) is 7.90. The van der Waals surface area contributed by atoms with Gasteiger partial charge < -0.3 is 20.9 Å². The highest BCUT2D eigenvalue weighted by Crippen LogP contribution is 2.14. The fraction of sp³-hybridized carbons (Fsp3) is 0.500. The standard InChI is InChI=1S/C18H26BrN5O2/c1-3-17(26)24-11-9-15(12-24)23-18(20-2)21-10-8-16(25)22-14-6-4-13(19)5-7-14/h4-7,15H,3,8-12H2,1-2H3,(H,22,25)(H2,20,21,23). The summed E-state index contributed by atoms with van der Waals surface area (Å²) >= 11 is 3.36. The molecule has 1 aliphatic rings. The van der Waals surface area contributed by atoms with Gasteiger partial charge >= 0.3 is 0 Å². The Hall–Kier alpha value is -2.09. The first-order valence-corrected chi connectivity index (χ1v) is 9.61. The summed E-state index contributed by atoms with van der Waals surface area (Å²) in [4.78, 5) is 29.8. The van der Waals surface area contributed by atoms with Crippen molar-refractivity contribution in [1.29, 1.82) is 0 Å². The van der Waals surface area contributed by atoms with E-state index >= 15 is 0 Å². The SMILES string of the molecule is CCC(=O)N1CCC(NC(=NC)NCCC(=O)Nc2ccc(Br)cc2)C1. The Balaban J connectivity index is 1.69. The molecule has 0 saturated carbocycles. The number of hydrogen-bond donors (Lipinski definition) is 3. The van der Waals surface area contributed by atoms with E-state index in [4.69, 9.17) is 0 Å². The number of amides is 2. The van der Waals surface area contributed by atoms with E-state index in [9.17, 15) is 9.59 Å². The highest BCUT2D eigenvalue weighted by Gasteiger charge is 2.25. The van der Waals surface area contributed by atoms with Crippen LogP contribution in [0.2, 0.25) is 0 Å². The summed E-state index contributed by atoms with van der Waals surface area (Å²) < 4.78 is 0.971. The molecular formula is C18H26BrN5O2. The predicted octanol–water partition coefficient (Wildman–Crippen LogP) is 1.95. The van der Waals surface area contributed by atoms with Gasteiger partial charge in [-0.15, -0.1) is 0 Å². The summed E-state index contributed by atoms with van der Waals surface area (Å²) in [6, 6.07) is 7.65. The van der Waals surface area contributed by atoms with Crippen molar-refractivity contribution >= 4 is 39.4 Å². The minimum atomic E-state index is -0.0594. The van der Waals surface area contributed by atoms with Crippen molar-refractivity contribution in [2.24, 2.45) is 4.99 Å². The second kappa shape index (κ2) is 10.2. The van der Waals surface area contributed by atoms with Crippen molar-refractivity contribution in [2.75, 3.05) is 32.0 Å². The number of likely N-dealkylation sites (tertiary alicyclic amines) is 1. The molecule has 0 aliphatic carbocycles. The third-order valence-electron chi connectivity index (χ3n) is 4.18. The summed E-state index contributed by atoms with van der Waals surface area (Å²) in [5.41, 5.74) is 0.771. The molecule has 1 aromatic carbocycles. The van der Waals surface area contributed by atoms with Gasteiger partial charge in [0.2, 0.25) is 11.8 Å². The quantitative estimate of drug-likeness (QED) is 0.482. The van der Waals surface area contributed by atoms with Gasteiger partial charge in [-0.05, 0) is 30.7 Å². The zero-order valence-electron chi connectivity index (χ0n) is 15.2. The maximum Gasteiger partial charge on any atom is 0.226 e. The zero-order chi connectivity index (χ0) is 18.9. The number of benzene rings is 1. The van der Waals surface area contributed by atoms with Gasteiger partial charge in [0.1, 0.15) is 0 Å². The molecule has 2 rings (SSSR count). The molecule has 0 spiro atoms. The molecule has 1 heterocycles. The summed E-state index contributed by atoms with van der Waals surface area (Å²) in [6.07, 6.45) is 1.77. The number of nitrogens with one attached hydrogen (secondary N) is 3. The monoisotopic (exact) mass is 423 g/mol. The lowest BCUT2D eigenvalue weighted by Crippen LogP contribution is -2.45. The smallest absolute Gasteiger partial charge is 0.226 e. The van der Waals surface area contributed by atoms with Crippen LogP contribution in [0.15, 0.2) is 33.7 Å². The second-order valence-electron chi connectivity index (χ2n) is 6.13. The van der Waals surface area contributed by atoms with Crippen LogP contribution >= 0.6 is 15.9 Å². The Morgan fingerprint density at radius 2 is 2.04 bits per heavy atom. The Morgan fingerprint density at radius 1 is 1.31 bits per heavy atom. The van der Waals surface area contributed by atoms with E-state index < -0.39 is 0 Å². The van der Waals surface area contributed by atoms with E-state index in [1.54, 1.807) is 7.05 Å². The van der Waals surface area contributed by atoms with Crippen LogP contribution in [0.1, 0.15) is 26.2 Å². The first kappa shape index (κ1) is 20.2. The summed E-state index contributed by atoms with van der Waals surface area (Å²) in [5.74, 6) is 0.773. The van der Waals surface area contributed by atoms with Gasteiger partial charge in [0.15, 0.2) is 5.96 Å². The highest BCUT2D eigenvalue weighted by molar-refractivity contribution is 9.10. The van der Waals surface area contributed by atoms with Gasteiger partial charge in [-0.2, -0.15) is 0 Å². The molecule has 0 bridgehead atoms. The Morgan fingerprint density at radius 3 is 2.69 bits per heavy atom. The zero-order valence-corrected chi connectivity index (χ0v) is 16.8. The molecule has 3 N–H and O–H groups in total. The maximum absolute atomic E-state index is 12.0. The fourth-order valence-corrected chi connectivity index (χ4v) is 3.03. The number of rotatable bonds is 6. The Labute approximate surface area is 162 Å². The van der Waals surface area contributed by atoms with Crippen LogP contribution in [0, 0.1) is 0 Å². The van der Waals surface area contributed by atoms with Gasteiger partial charge in [0, 0.05) is 55.7 Å². The molecular weight excluding hydrogens is 398 g/mol. The lowest BCUT2D eigenvalue weighted by molar-refractivity contribution is -0.129. The lowest BCUT2D eigenvalue weighted by Gasteiger charge is -2.18. The molecule has 1 unspecified atom stereocenters. The van der Waals surface area contributed by atoms with Crippen LogP contribution in [0.4, 0.5) is 5.69 Å². The van der Waals surface area contributed by atoms with Crippen molar-refractivity contribution in [3.05, 3.63) is 28.7 Å². The highest BCUT2D eigenvalue weighted by atomic mass is 79.9. The second-order valence-corrected chi connectivity index (χ2v) is 7.04. The van der Waals surface area contributed by atoms with E-state index in [-0.39, 0.29) is 17.9 Å². The molecule has 1 aliphatic heterocycles. The van der Waals surface area contributed by atoms with Crippen molar-refractivity contribution in [3.63, 3.8) is 0 Å². The summed E-state index contributed by atoms with van der Waals surface area (Å²) in [5, 5.41) is 9.31. The number of carbonyl (C=O) groups is 2. The average molecular weight is 424 g/mol. The average Bonchev–Trinajstić information content (AvgIpc) is 3.10. The van der Waals surface area contributed by atoms with E-state index in [1.807, 2.05) is 36.1 Å². The van der Waals surface area contributed by atoms with Crippen LogP contribution in [0.5, 0.6) is 0 Å². The number of nitrogens with zero attached hydrogens (tertiary/aromatic N) is 2. The number of hydrogen-bond acceptors (Lipinski definition) is 3. The van der Waals surface area contributed by atoms with E-state index in [1.165, 1.54) is 0 Å². The minimum Gasteiger partial charge on any atom is -0.356 e. The molecule has 1 saturated heterocycles. The van der Waals surface area contributed by atoms with Crippen LogP contribution in [-0.2, 0) is 9.59 Å². The first-order chi connectivity index (χ1) is 12.5. The molecule has 1 fully saturated rings. The van der Waals surface area contributed by atoms with Gasteiger partial charge in [-0.1, -0.05) is 22.9 Å². The normalized spacial score (nSPS) is 17.1. The number of guanidine groups is 1. The number of halogens is 1. The summed E-state index contributed by atoms with van der Waals surface area (Å²) in [6.45, 7) is 3.82. The largest absolute Gasteiger partial charge is 0.356 e. The van der Waals surface area contributed by atoms with Gasteiger partial charge in [0.05, 0.1) is 0 Å². The van der Waals surface area contributed by atoms with Crippen molar-refractivity contribution in [3.8, 4) is 0 Å². The first-order valence-electron chi connectivity index (χ1n) is 8.82. The third-order valence-corrected chi connectivity index (χ3v) is 4.71. The van der Waals surface area contributed by atoms with Gasteiger partial charge in [-0.3, -0.25) is 14.6 Å². The maximum atomic E-state index is 12.0. The van der Waals surface area contributed by atoms with Gasteiger partial charge in [-0.25, -0.2) is 0 Å². The molecule has 0 aromatic heterocycles. The van der Waals surface area contributed by atoms with E-state index in [2.05, 4.69) is 36.9 Å². The Bertz CT molecular complexity index is 647. The molecule has 7 nitrogen and oxygen atoms in total. The topological polar surface area (TPSA) is 85.8 Å². The van der Waals surface area contributed by atoms with Crippen LogP contribution < -0.4 is 16.0 Å². The molecule has 26 heavy (non-hydrogen) atoms. The minimum absolute atomic E-state index is 0.0594. The molecule has 142 valence electrons. The van der Waals surface area contributed by atoms with Crippen molar-refractivity contribution in [2.45, 2.75) is 32.2 Å². The molecule has 8 heteroatoms. The summed E-state index contributed by atoms with van der Waals surface area (Å²) in [7, 11) is 1.70. The van der Waals surface area contributed by atoms with Crippen molar-refractivity contribution < 1.29 is 9.59 Å². The van der Waals surface area contributed by atoms with Crippen molar-refractivity contribution in [1.82, 2.24) is 15.5 Å². The molecule has 2 amide bonds. The lowest BCUT2D eigenvalue weighted by atomic mass is 10.3. The molecule has 1 atom stereocenters. The number of carbonyl (C=O) groups excluding carboxylic acids is 2. The van der Waals surface area contributed by atoms with Crippen LogP contribution in [0.3, 0.4) is 0 Å². The number of aliphatic imine (C=N–C) groups is 1. The predicted molar refractivity (Wildman–Crippen MR) is 107 cm³/mol. The fourth-order valence-electron chi connectivity index (χ4n) is 2.77. The molecule has 1 aromatic rings. The van der Waals surface area contributed by atoms with Gasteiger partial charge in [0.25, 0.3) is 0 Å². The van der Waals surface area contributed by atoms with E-state index in [0.29, 0.717) is 31.9 Å². The number of anilines is 1. The molecule has 0 radical (unpaired) electrons. The van der Waals surface area contributed by atoms with Crippen LogP contribution in [-0.4, -0.2) is 55.4 Å². The van der Waals surface area contributed by atoms with Crippen LogP contribution in [0.25, 0.3) is 0 Å². The third kappa shape index (κ3) is 6.33.